The lowest BCUT2D eigenvalue weighted by Gasteiger charge is -2.12. The molecule has 0 radical (unpaired) electrons. The van der Waals surface area contributed by atoms with Gasteiger partial charge in [0, 0.05) is 11.9 Å². The summed E-state index contributed by atoms with van der Waals surface area (Å²) in [5.74, 6) is 0.858. The first kappa shape index (κ1) is 14.2. The summed E-state index contributed by atoms with van der Waals surface area (Å²) in [6.45, 7) is 0. The van der Waals surface area contributed by atoms with Crippen LogP contribution in [0.4, 0.5) is 5.69 Å². The second-order valence-corrected chi connectivity index (χ2v) is 4.52. The van der Waals surface area contributed by atoms with Gasteiger partial charge in [-0.25, -0.2) is 4.21 Å². The van der Waals surface area contributed by atoms with Gasteiger partial charge in [0.1, 0.15) is 5.75 Å². The first-order chi connectivity index (χ1) is 8.06. The van der Waals surface area contributed by atoms with E-state index in [4.69, 9.17) is 26.6 Å². The highest BCUT2D eigenvalue weighted by atomic mass is 35.5. The van der Waals surface area contributed by atoms with Crippen LogP contribution < -0.4 is 15.2 Å². The molecule has 0 amide bonds. The number of ether oxygens (including phenoxy) is 1. The summed E-state index contributed by atoms with van der Waals surface area (Å²) in [6.07, 6.45) is 0.597. The van der Waals surface area contributed by atoms with E-state index in [1.807, 2.05) is 6.07 Å². The smallest absolute Gasteiger partial charge is 0.259 e. The van der Waals surface area contributed by atoms with E-state index in [1.165, 1.54) is 7.11 Å². The highest BCUT2D eigenvalue weighted by molar-refractivity contribution is 7.80. The van der Waals surface area contributed by atoms with E-state index in [-0.39, 0.29) is 6.04 Å². The molecule has 0 aliphatic rings. The van der Waals surface area contributed by atoms with E-state index in [2.05, 4.69) is 4.72 Å². The number of alkyl halides is 1. The lowest BCUT2D eigenvalue weighted by atomic mass is 10.1. The summed E-state index contributed by atoms with van der Waals surface area (Å²) in [4.78, 5) is 0. The average molecular weight is 279 g/mol. The van der Waals surface area contributed by atoms with Gasteiger partial charge >= 0.3 is 0 Å². The molecular weight excluding hydrogens is 264 g/mol. The number of rotatable bonds is 6. The Labute approximate surface area is 108 Å². The summed E-state index contributed by atoms with van der Waals surface area (Å²) in [7, 11) is 1.49. The Morgan fingerprint density at radius 3 is 2.88 bits per heavy atom. The Kier molecular flexibility index (Phi) is 5.70. The first-order valence-electron chi connectivity index (χ1n) is 4.92. The Morgan fingerprint density at radius 2 is 2.35 bits per heavy atom. The van der Waals surface area contributed by atoms with Gasteiger partial charge in [-0.05, 0) is 24.1 Å². The highest BCUT2D eigenvalue weighted by Crippen LogP contribution is 2.26. The minimum Gasteiger partial charge on any atom is -0.495 e. The Bertz CT molecular complexity index is 403. The molecule has 0 aliphatic heterocycles. The zero-order valence-electron chi connectivity index (χ0n) is 9.35. The minimum absolute atomic E-state index is 0.141. The van der Waals surface area contributed by atoms with Crippen molar-refractivity contribution in [1.29, 1.82) is 0 Å². The third-order valence-electron chi connectivity index (χ3n) is 2.16. The van der Waals surface area contributed by atoms with Crippen LogP contribution in [0.25, 0.3) is 0 Å². The van der Waals surface area contributed by atoms with Crippen LogP contribution in [0.3, 0.4) is 0 Å². The number of nitrogens with one attached hydrogen (secondary N) is 1. The fourth-order valence-electron chi connectivity index (χ4n) is 1.41. The summed E-state index contributed by atoms with van der Waals surface area (Å²) >= 11 is 3.49. The molecule has 96 valence electrons. The normalized spacial score (nSPS) is 14.1. The van der Waals surface area contributed by atoms with Crippen molar-refractivity contribution in [3.05, 3.63) is 23.8 Å². The van der Waals surface area contributed by atoms with Crippen molar-refractivity contribution in [3.63, 3.8) is 0 Å². The minimum atomic E-state index is -2.14. The second-order valence-electron chi connectivity index (χ2n) is 3.50. The molecule has 4 N–H and O–H groups in total. The number of methoxy groups -OCH3 is 1. The predicted molar refractivity (Wildman–Crippen MR) is 69.8 cm³/mol. The number of hydrogen-bond acceptors (Lipinski definition) is 3. The molecule has 0 saturated heterocycles. The fraction of sp³-hybridized carbons (Fsp3) is 0.400. The monoisotopic (exact) mass is 278 g/mol. The van der Waals surface area contributed by atoms with Crippen LogP contribution in [0.1, 0.15) is 5.56 Å². The van der Waals surface area contributed by atoms with Gasteiger partial charge in [0.05, 0.1) is 12.8 Å². The number of hydrogen-bond donors (Lipinski definition) is 3. The van der Waals surface area contributed by atoms with Crippen LogP contribution in [0.5, 0.6) is 5.75 Å². The quantitative estimate of drug-likeness (QED) is 0.542. The van der Waals surface area contributed by atoms with Crippen molar-refractivity contribution in [1.82, 2.24) is 0 Å². The lowest BCUT2D eigenvalue weighted by molar-refractivity contribution is 0.416. The van der Waals surface area contributed by atoms with Gasteiger partial charge in [-0.1, -0.05) is 6.07 Å². The molecule has 0 aliphatic carbocycles. The topological polar surface area (TPSA) is 84.6 Å². The molecule has 17 heavy (non-hydrogen) atoms. The molecule has 0 saturated carbocycles. The van der Waals surface area contributed by atoms with E-state index in [9.17, 15) is 4.21 Å². The molecule has 0 heterocycles. The molecule has 0 bridgehead atoms. The maximum atomic E-state index is 10.7. The third kappa shape index (κ3) is 4.51. The van der Waals surface area contributed by atoms with E-state index >= 15 is 0 Å². The molecule has 0 spiro atoms. The Balaban J connectivity index is 2.91. The van der Waals surface area contributed by atoms with Crippen molar-refractivity contribution < 1.29 is 13.5 Å². The van der Waals surface area contributed by atoms with Gasteiger partial charge in [-0.15, -0.1) is 11.6 Å². The number of benzene rings is 1. The summed E-state index contributed by atoms with van der Waals surface area (Å²) < 4.78 is 27.0. The van der Waals surface area contributed by atoms with Gasteiger partial charge in [0.15, 0.2) is 0 Å². The van der Waals surface area contributed by atoms with Crippen molar-refractivity contribution >= 4 is 28.6 Å². The molecule has 1 rings (SSSR count). The zero-order valence-corrected chi connectivity index (χ0v) is 10.9. The maximum Gasteiger partial charge on any atom is 0.259 e. The largest absolute Gasteiger partial charge is 0.495 e. The van der Waals surface area contributed by atoms with Crippen LogP contribution >= 0.6 is 11.6 Å². The molecule has 0 fully saturated rings. The highest BCUT2D eigenvalue weighted by Gasteiger charge is 2.08. The van der Waals surface area contributed by atoms with Crippen LogP contribution in [0.2, 0.25) is 0 Å². The SMILES string of the molecule is COc1ccc(C[C@H](N)CCl)cc1NS(=O)O. The second kappa shape index (κ2) is 6.80. The van der Waals surface area contributed by atoms with Gasteiger partial charge < -0.3 is 10.5 Å². The predicted octanol–water partition coefficient (Wildman–Crippen LogP) is 1.35. The van der Waals surface area contributed by atoms with Crippen molar-refractivity contribution in [2.45, 2.75) is 12.5 Å². The van der Waals surface area contributed by atoms with Gasteiger partial charge in [-0.3, -0.25) is 9.27 Å². The van der Waals surface area contributed by atoms with Crippen LogP contribution in [-0.2, 0) is 17.7 Å². The maximum absolute atomic E-state index is 10.7. The molecule has 0 aromatic heterocycles. The molecule has 5 nitrogen and oxygen atoms in total. The molecule has 1 unspecified atom stereocenters. The lowest BCUT2D eigenvalue weighted by Crippen LogP contribution is -2.24. The molecule has 2 atom stereocenters. The van der Waals surface area contributed by atoms with E-state index in [1.54, 1.807) is 12.1 Å². The van der Waals surface area contributed by atoms with Gasteiger partial charge in [0.2, 0.25) is 0 Å². The average Bonchev–Trinajstić information content (AvgIpc) is 2.28. The molecular formula is C10H15ClN2O3S. The van der Waals surface area contributed by atoms with Crippen LogP contribution in [0.15, 0.2) is 18.2 Å². The number of nitrogens with two attached hydrogens (primary N) is 1. The molecule has 7 heteroatoms. The molecule has 1 aromatic carbocycles. The Hall–Kier alpha value is -0.820. The standard InChI is InChI=1S/C10H15ClN2O3S/c1-16-10-3-2-7(4-8(12)6-11)5-9(10)13-17(14)15/h2-3,5,8,13H,4,6,12H2,1H3,(H,14,15)/t8-/m0/s1. The van der Waals surface area contributed by atoms with Crippen molar-refractivity contribution in [3.8, 4) is 5.75 Å². The summed E-state index contributed by atoms with van der Waals surface area (Å²) in [5, 5.41) is 0. The van der Waals surface area contributed by atoms with Gasteiger partial charge in [-0.2, -0.15) is 0 Å². The van der Waals surface area contributed by atoms with Crippen molar-refractivity contribution in [2.24, 2.45) is 5.73 Å². The van der Waals surface area contributed by atoms with Crippen LogP contribution in [-0.4, -0.2) is 27.8 Å². The van der Waals surface area contributed by atoms with E-state index in [0.29, 0.717) is 23.7 Å². The Morgan fingerprint density at radius 1 is 1.65 bits per heavy atom. The van der Waals surface area contributed by atoms with E-state index in [0.717, 1.165) is 5.56 Å². The molecule has 1 aromatic rings. The van der Waals surface area contributed by atoms with Crippen LogP contribution in [0, 0.1) is 0 Å². The summed E-state index contributed by atoms with van der Waals surface area (Å²) in [5.41, 5.74) is 7.11. The number of anilines is 1. The summed E-state index contributed by atoms with van der Waals surface area (Å²) in [6, 6.07) is 5.14. The third-order valence-corrected chi connectivity index (χ3v) is 2.95. The van der Waals surface area contributed by atoms with Gasteiger partial charge in [0.25, 0.3) is 11.3 Å². The fourth-order valence-corrected chi connectivity index (χ4v) is 1.87. The first-order valence-corrected chi connectivity index (χ1v) is 6.57. The van der Waals surface area contributed by atoms with E-state index < -0.39 is 11.3 Å². The zero-order chi connectivity index (χ0) is 12.8. The van der Waals surface area contributed by atoms with Crippen molar-refractivity contribution in [2.75, 3.05) is 17.7 Å². The number of halogens is 1.